The zero-order valence-electron chi connectivity index (χ0n) is 12.3. The van der Waals surface area contributed by atoms with Gasteiger partial charge in [0.25, 0.3) is 0 Å². The fourth-order valence-corrected chi connectivity index (χ4v) is 1.98. The van der Waals surface area contributed by atoms with Gasteiger partial charge in [-0.15, -0.1) is 12.4 Å². The Labute approximate surface area is 130 Å². The zero-order chi connectivity index (χ0) is 14.4. The molecular weight excluding hydrogens is 288 g/mol. The summed E-state index contributed by atoms with van der Waals surface area (Å²) < 4.78 is 0. The number of nitrogens with zero attached hydrogens (tertiary/aromatic N) is 1. The van der Waals surface area contributed by atoms with E-state index in [1.807, 2.05) is 37.3 Å². The van der Waals surface area contributed by atoms with E-state index in [1.54, 1.807) is 0 Å². The lowest BCUT2D eigenvalue weighted by Gasteiger charge is -2.10. The normalized spacial score (nSPS) is 10.0. The Kier molecular flexibility index (Phi) is 6.91. The topological polar surface area (TPSA) is 69.8 Å². The summed E-state index contributed by atoms with van der Waals surface area (Å²) in [4.78, 5) is 12.0. The third kappa shape index (κ3) is 5.21. The van der Waals surface area contributed by atoms with Crippen LogP contribution < -0.4 is 10.6 Å². The first-order valence-electron chi connectivity index (χ1n) is 6.78. The molecule has 1 amide bonds. The summed E-state index contributed by atoms with van der Waals surface area (Å²) in [5, 5.41) is 13.1. The zero-order valence-corrected chi connectivity index (χ0v) is 13.1. The smallest absolute Gasteiger partial charge is 0.230 e. The third-order valence-electron chi connectivity index (χ3n) is 2.96. The van der Waals surface area contributed by atoms with E-state index in [-0.39, 0.29) is 24.7 Å². The number of nitrogens with one attached hydrogen (secondary N) is 3. The number of carbonyl (C=O) groups excluding carboxylic acids is 1. The quantitative estimate of drug-likeness (QED) is 0.767. The molecular formula is C15H21ClN4O. The van der Waals surface area contributed by atoms with Crippen LogP contribution in [-0.4, -0.2) is 22.6 Å². The predicted molar refractivity (Wildman–Crippen MR) is 86.7 cm³/mol. The molecule has 0 atom stereocenters. The first-order chi connectivity index (χ1) is 9.69. The van der Waals surface area contributed by atoms with Gasteiger partial charge in [-0.3, -0.25) is 9.89 Å². The minimum atomic E-state index is -0.0551. The predicted octanol–water partition coefficient (Wildman–Crippen LogP) is 2.43. The first kappa shape index (κ1) is 17.2. The number of hydrogen-bond acceptors (Lipinski definition) is 3. The number of carbonyl (C=O) groups is 1. The summed E-state index contributed by atoms with van der Waals surface area (Å²) in [7, 11) is 0. The molecule has 1 aromatic heterocycles. The summed E-state index contributed by atoms with van der Waals surface area (Å²) in [6.45, 7) is 5.62. The molecule has 0 aliphatic carbocycles. The molecule has 1 heterocycles. The summed E-state index contributed by atoms with van der Waals surface area (Å²) >= 11 is 0. The van der Waals surface area contributed by atoms with Crippen LogP contribution in [0, 0.1) is 6.92 Å². The van der Waals surface area contributed by atoms with Gasteiger partial charge >= 0.3 is 0 Å². The van der Waals surface area contributed by atoms with Gasteiger partial charge in [0, 0.05) is 17.9 Å². The van der Waals surface area contributed by atoms with E-state index >= 15 is 0 Å². The molecule has 2 aromatic rings. The van der Waals surface area contributed by atoms with E-state index in [2.05, 4.69) is 27.8 Å². The SMILES string of the molecule is CCNCc1ccccc1NC(=O)Cc1cc(C)[nH]n1.Cl. The van der Waals surface area contributed by atoms with Gasteiger partial charge in [0.05, 0.1) is 12.1 Å². The number of halogens is 1. The second-order valence-corrected chi connectivity index (χ2v) is 4.70. The fourth-order valence-electron chi connectivity index (χ4n) is 1.98. The van der Waals surface area contributed by atoms with E-state index in [4.69, 9.17) is 0 Å². The van der Waals surface area contributed by atoms with Crippen LogP contribution in [-0.2, 0) is 17.8 Å². The minimum Gasteiger partial charge on any atom is -0.325 e. The van der Waals surface area contributed by atoms with Gasteiger partial charge in [-0.1, -0.05) is 25.1 Å². The number of benzene rings is 1. The van der Waals surface area contributed by atoms with Crippen LogP contribution in [0.25, 0.3) is 0 Å². The average Bonchev–Trinajstić information content (AvgIpc) is 2.83. The Morgan fingerprint density at radius 2 is 2.10 bits per heavy atom. The van der Waals surface area contributed by atoms with E-state index in [1.165, 1.54) is 0 Å². The Hall–Kier alpha value is -1.85. The molecule has 6 heteroatoms. The second kappa shape index (κ2) is 8.44. The van der Waals surface area contributed by atoms with Crippen LogP contribution in [0.2, 0.25) is 0 Å². The van der Waals surface area contributed by atoms with Crippen molar-refractivity contribution in [3.05, 3.63) is 47.3 Å². The van der Waals surface area contributed by atoms with Crippen molar-refractivity contribution in [2.45, 2.75) is 26.8 Å². The van der Waals surface area contributed by atoms with Gasteiger partial charge in [-0.2, -0.15) is 5.10 Å². The maximum atomic E-state index is 12.0. The van der Waals surface area contributed by atoms with Crippen LogP contribution in [0.3, 0.4) is 0 Å². The van der Waals surface area contributed by atoms with Gasteiger partial charge in [-0.05, 0) is 31.2 Å². The largest absolute Gasteiger partial charge is 0.325 e. The fraction of sp³-hybridized carbons (Fsp3) is 0.333. The molecule has 0 unspecified atom stereocenters. The van der Waals surface area contributed by atoms with E-state index in [0.717, 1.165) is 35.7 Å². The van der Waals surface area contributed by atoms with E-state index in [9.17, 15) is 4.79 Å². The van der Waals surface area contributed by atoms with Crippen LogP contribution in [0.5, 0.6) is 0 Å². The molecule has 1 aromatic carbocycles. The summed E-state index contributed by atoms with van der Waals surface area (Å²) in [5.41, 5.74) is 3.65. The van der Waals surface area contributed by atoms with Gasteiger partial charge in [0.15, 0.2) is 0 Å². The second-order valence-electron chi connectivity index (χ2n) is 4.70. The number of amides is 1. The van der Waals surface area contributed by atoms with Crippen molar-refractivity contribution >= 4 is 24.0 Å². The molecule has 2 rings (SSSR count). The molecule has 3 N–H and O–H groups in total. The maximum Gasteiger partial charge on any atom is 0.230 e. The van der Waals surface area contributed by atoms with Crippen LogP contribution >= 0.6 is 12.4 Å². The molecule has 0 aliphatic heterocycles. The van der Waals surface area contributed by atoms with Crippen molar-refractivity contribution in [1.29, 1.82) is 0 Å². The number of rotatable bonds is 6. The molecule has 0 fully saturated rings. The molecule has 0 radical (unpaired) electrons. The van der Waals surface area contributed by atoms with Crippen LogP contribution in [0.4, 0.5) is 5.69 Å². The van der Waals surface area contributed by atoms with Crippen molar-refractivity contribution in [1.82, 2.24) is 15.5 Å². The van der Waals surface area contributed by atoms with Crippen molar-refractivity contribution < 1.29 is 4.79 Å². The lowest BCUT2D eigenvalue weighted by Crippen LogP contribution is -2.18. The summed E-state index contributed by atoms with van der Waals surface area (Å²) in [6, 6.07) is 9.70. The Morgan fingerprint density at radius 3 is 2.76 bits per heavy atom. The average molecular weight is 309 g/mol. The lowest BCUT2D eigenvalue weighted by atomic mass is 10.1. The number of aryl methyl sites for hydroxylation is 1. The van der Waals surface area contributed by atoms with E-state index < -0.39 is 0 Å². The number of para-hydroxylation sites is 1. The van der Waals surface area contributed by atoms with Gasteiger partial charge in [-0.25, -0.2) is 0 Å². The highest BCUT2D eigenvalue weighted by molar-refractivity contribution is 5.92. The van der Waals surface area contributed by atoms with Gasteiger partial charge < -0.3 is 10.6 Å². The summed E-state index contributed by atoms with van der Waals surface area (Å²) in [6.07, 6.45) is 0.278. The van der Waals surface area contributed by atoms with Crippen molar-refractivity contribution in [2.75, 3.05) is 11.9 Å². The third-order valence-corrected chi connectivity index (χ3v) is 2.96. The standard InChI is InChI=1S/C15H20N4O.ClH/c1-3-16-10-12-6-4-5-7-14(12)17-15(20)9-13-8-11(2)18-19-13;/h4-8,16H,3,9-10H2,1-2H3,(H,17,20)(H,18,19);1H. The lowest BCUT2D eigenvalue weighted by molar-refractivity contribution is -0.115. The highest BCUT2D eigenvalue weighted by atomic mass is 35.5. The van der Waals surface area contributed by atoms with Crippen molar-refractivity contribution in [3.8, 4) is 0 Å². The number of H-pyrrole nitrogens is 1. The van der Waals surface area contributed by atoms with Crippen molar-refractivity contribution in [3.63, 3.8) is 0 Å². The molecule has 114 valence electrons. The number of anilines is 1. The highest BCUT2D eigenvalue weighted by Crippen LogP contribution is 2.15. The molecule has 0 aliphatic rings. The van der Waals surface area contributed by atoms with Crippen molar-refractivity contribution in [2.24, 2.45) is 0 Å². The number of hydrogen-bond donors (Lipinski definition) is 3. The number of aromatic amines is 1. The molecule has 0 saturated carbocycles. The first-order valence-corrected chi connectivity index (χ1v) is 6.78. The van der Waals surface area contributed by atoms with E-state index in [0.29, 0.717) is 0 Å². The minimum absolute atomic E-state index is 0. The Morgan fingerprint density at radius 1 is 1.33 bits per heavy atom. The van der Waals surface area contributed by atoms with Gasteiger partial charge in [0.1, 0.15) is 0 Å². The highest BCUT2D eigenvalue weighted by Gasteiger charge is 2.09. The molecule has 0 spiro atoms. The molecule has 0 bridgehead atoms. The Balaban J connectivity index is 0.00000220. The van der Waals surface area contributed by atoms with Crippen LogP contribution in [0.15, 0.2) is 30.3 Å². The molecule has 5 nitrogen and oxygen atoms in total. The summed E-state index contributed by atoms with van der Waals surface area (Å²) in [5.74, 6) is -0.0551. The van der Waals surface area contributed by atoms with Crippen LogP contribution in [0.1, 0.15) is 23.9 Å². The molecule has 0 saturated heterocycles. The Bertz CT molecular complexity index is 583. The number of aromatic nitrogens is 2. The monoisotopic (exact) mass is 308 g/mol. The molecule has 21 heavy (non-hydrogen) atoms. The maximum absolute atomic E-state index is 12.0. The van der Waals surface area contributed by atoms with Gasteiger partial charge in [0.2, 0.25) is 5.91 Å².